The number of amides is 2. The number of halogens is 1. The average molecular weight is 254 g/mol. The van der Waals surface area contributed by atoms with E-state index in [4.69, 9.17) is 5.11 Å². The van der Waals surface area contributed by atoms with Crippen molar-refractivity contribution in [2.75, 3.05) is 18.9 Å². The number of nitrogens with zero attached hydrogens (tertiary/aromatic N) is 1. The molecule has 0 aliphatic rings. The van der Waals surface area contributed by atoms with Gasteiger partial charge in [0.25, 0.3) is 0 Å². The lowest BCUT2D eigenvalue weighted by Crippen LogP contribution is -2.33. The number of carbonyl (C=O) groups excluding carboxylic acids is 1. The molecule has 1 rings (SSSR count). The Morgan fingerprint density at radius 3 is 2.61 bits per heavy atom. The van der Waals surface area contributed by atoms with Gasteiger partial charge in [-0.2, -0.15) is 0 Å². The summed E-state index contributed by atoms with van der Waals surface area (Å²) < 4.78 is 13.1. The molecule has 0 aliphatic carbocycles. The van der Waals surface area contributed by atoms with E-state index in [0.717, 1.165) is 0 Å². The summed E-state index contributed by atoms with van der Waals surface area (Å²) >= 11 is 0. The molecule has 2 N–H and O–H groups in total. The number of urea groups is 1. The molecule has 1 aromatic carbocycles. The van der Waals surface area contributed by atoms with E-state index in [1.54, 1.807) is 13.0 Å². The summed E-state index contributed by atoms with van der Waals surface area (Å²) in [6.07, 6.45) is -0.133. The Hall–Kier alpha value is -2.11. The topological polar surface area (TPSA) is 69.6 Å². The summed E-state index contributed by atoms with van der Waals surface area (Å²) in [5.74, 6) is -1.41. The molecular weight excluding hydrogens is 239 g/mol. The first-order valence-corrected chi connectivity index (χ1v) is 5.39. The summed E-state index contributed by atoms with van der Waals surface area (Å²) in [5.41, 5.74) is 1.04. The molecule has 0 radical (unpaired) electrons. The van der Waals surface area contributed by atoms with Crippen molar-refractivity contribution < 1.29 is 19.1 Å². The molecule has 0 saturated heterocycles. The molecule has 0 bridgehead atoms. The number of carboxylic acids is 1. The van der Waals surface area contributed by atoms with Crippen LogP contribution < -0.4 is 5.32 Å². The third kappa shape index (κ3) is 4.40. The summed E-state index contributed by atoms with van der Waals surface area (Å²) in [6.45, 7) is 1.81. The number of benzene rings is 1. The zero-order valence-corrected chi connectivity index (χ0v) is 10.2. The molecule has 0 fully saturated rings. The van der Waals surface area contributed by atoms with Gasteiger partial charge in [0.2, 0.25) is 0 Å². The fraction of sp³-hybridized carbons (Fsp3) is 0.333. The van der Waals surface area contributed by atoms with Crippen LogP contribution in [-0.2, 0) is 4.79 Å². The standard InChI is InChI=1S/C12H15FN2O3/c1-8-5-9(13)7-10(6-8)14-12(18)15(2)4-3-11(16)17/h5-7H,3-4H2,1-2H3,(H,14,18)(H,16,17). The van der Waals surface area contributed by atoms with Crippen LogP contribution in [0.1, 0.15) is 12.0 Å². The van der Waals surface area contributed by atoms with Crippen molar-refractivity contribution >= 4 is 17.7 Å². The van der Waals surface area contributed by atoms with Gasteiger partial charge in [0.15, 0.2) is 0 Å². The lowest BCUT2D eigenvalue weighted by Gasteiger charge is -2.17. The molecule has 0 spiro atoms. The van der Waals surface area contributed by atoms with Gasteiger partial charge in [-0.1, -0.05) is 0 Å². The van der Waals surface area contributed by atoms with Crippen LogP contribution >= 0.6 is 0 Å². The molecule has 0 heterocycles. The van der Waals surface area contributed by atoms with Gasteiger partial charge in [-0.05, 0) is 30.7 Å². The van der Waals surface area contributed by atoms with Crippen LogP contribution in [0.5, 0.6) is 0 Å². The van der Waals surface area contributed by atoms with Crippen LogP contribution in [0.3, 0.4) is 0 Å². The second kappa shape index (κ2) is 6.00. The molecule has 98 valence electrons. The molecule has 0 aliphatic heterocycles. The quantitative estimate of drug-likeness (QED) is 0.864. The average Bonchev–Trinajstić information content (AvgIpc) is 2.24. The molecule has 18 heavy (non-hydrogen) atoms. The van der Waals surface area contributed by atoms with Crippen molar-refractivity contribution in [2.45, 2.75) is 13.3 Å². The van der Waals surface area contributed by atoms with E-state index >= 15 is 0 Å². The maximum atomic E-state index is 13.1. The minimum atomic E-state index is -0.976. The predicted molar refractivity (Wildman–Crippen MR) is 65.0 cm³/mol. The van der Waals surface area contributed by atoms with Gasteiger partial charge in [0.1, 0.15) is 5.82 Å². The SMILES string of the molecule is Cc1cc(F)cc(NC(=O)N(C)CCC(=O)O)c1. The van der Waals surface area contributed by atoms with Crippen LogP contribution in [0.25, 0.3) is 0 Å². The van der Waals surface area contributed by atoms with Crippen LogP contribution in [-0.4, -0.2) is 35.6 Å². The zero-order chi connectivity index (χ0) is 13.7. The number of nitrogens with one attached hydrogen (secondary N) is 1. The monoisotopic (exact) mass is 254 g/mol. The molecule has 0 atom stereocenters. The van der Waals surface area contributed by atoms with Crippen LogP contribution in [0.15, 0.2) is 18.2 Å². The van der Waals surface area contributed by atoms with Crippen molar-refractivity contribution in [3.05, 3.63) is 29.6 Å². The number of aliphatic carboxylic acids is 1. The Morgan fingerprint density at radius 1 is 1.39 bits per heavy atom. The fourth-order valence-electron chi connectivity index (χ4n) is 1.39. The Kier molecular flexibility index (Phi) is 4.65. The highest BCUT2D eigenvalue weighted by Crippen LogP contribution is 2.13. The normalized spacial score (nSPS) is 9.94. The lowest BCUT2D eigenvalue weighted by atomic mass is 10.2. The number of rotatable bonds is 4. The van der Waals surface area contributed by atoms with E-state index in [0.29, 0.717) is 11.3 Å². The van der Waals surface area contributed by atoms with Crippen molar-refractivity contribution in [3.63, 3.8) is 0 Å². The molecular formula is C12H15FN2O3. The van der Waals surface area contributed by atoms with E-state index in [1.807, 2.05) is 0 Å². The third-order valence-electron chi connectivity index (χ3n) is 2.30. The maximum absolute atomic E-state index is 13.1. The van der Waals surface area contributed by atoms with E-state index in [-0.39, 0.29) is 13.0 Å². The summed E-state index contributed by atoms with van der Waals surface area (Å²) in [4.78, 5) is 23.2. The van der Waals surface area contributed by atoms with E-state index in [9.17, 15) is 14.0 Å². The van der Waals surface area contributed by atoms with Gasteiger partial charge in [-0.25, -0.2) is 9.18 Å². The summed E-state index contributed by atoms with van der Waals surface area (Å²) in [5, 5.41) is 11.0. The number of carboxylic acid groups (broad SMARTS) is 1. The molecule has 0 unspecified atom stereocenters. The van der Waals surface area contributed by atoms with Crippen molar-refractivity contribution in [2.24, 2.45) is 0 Å². The second-order valence-corrected chi connectivity index (χ2v) is 4.01. The Morgan fingerprint density at radius 2 is 2.06 bits per heavy atom. The minimum absolute atomic E-state index is 0.0927. The highest BCUT2D eigenvalue weighted by molar-refractivity contribution is 5.89. The number of anilines is 1. The fourth-order valence-corrected chi connectivity index (χ4v) is 1.39. The van der Waals surface area contributed by atoms with Crippen LogP contribution in [0.4, 0.5) is 14.9 Å². The lowest BCUT2D eigenvalue weighted by molar-refractivity contribution is -0.137. The smallest absolute Gasteiger partial charge is 0.321 e. The van der Waals surface area contributed by atoms with Gasteiger partial charge in [0.05, 0.1) is 6.42 Å². The van der Waals surface area contributed by atoms with Crippen LogP contribution in [0.2, 0.25) is 0 Å². The highest BCUT2D eigenvalue weighted by Gasteiger charge is 2.10. The van der Waals surface area contributed by atoms with Gasteiger partial charge in [-0.15, -0.1) is 0 Å². The van der Waals surface area contributed by atoms with E-state index in [2.05, 4.69) is 5.32 Å². The molecule has 0 saturated carbocycles. The van der Waals surface area contributed by atoms with E-state index < -0.39 is 17.8 Å². The van der Waals surface area contributed by atoms with Gasteiger partial charge in [-0.3, -0.25) is 4.79 Å². The largest absolute Gasteiger partial charge is 0.481 e. The Bertz CT molecular complexity index is 442. The molecule has 6 heteroatoms. The third-order valence-corrected chi connectivity index (χ3v) is 2.30. The van der Waals surface area contributed by atoms with Gasteiger partial charge in [0, 0.05) is 19.3 Å². The predicted octanol–water partition coefficient (Wildman–Crippen LogP) is 2.07. The number of hydrogen-bond acceptors (Lipinski definition) is 2. The Balaban J connectivity index is 2.60. The minimum Gasteiger partial charge on any atom is -0.481 e. The van der Waals surface area contributed by atoms with E-state index in [1.165, 1.54) is 24.1 Å². The maximum Gasteiger partial charge on any atom is 0.321 e. The van der Waals surface area contributed by atoms with Crippen molar-refractivity contribution in [3.8, 4) is 0 Å². The number of carbonyl (C=O) groups is 2. The molecule has 0 aromatic heterocycles. The van der Waals surface area contributed by atoms with Crippen LogP contribution in [0, 0.1) is 12.7 Å². The first-order valence-electron chi connectivity index (χ1n) is 5.39. The Labute approximate surface area is 104 Å². The number of aryl methyl sites for hydroxylation is 1. The molecule has 5 nitrogen and oxygen atoms in total. The second-order valence-electron chi connectivity index (χ2n) is 4.01. The first-order chi connectivity index (χ1) is 8.38. The molecule has 1 aromatic rings. The zero-order valence-electron chi connectivity index (χ0n) is 10.2. The summed E-state index contributed by atoms with van der Waals surface area (Å²) in [7, 11) is 1.48. The summed E-state index contributed by atoms with van der Waals surface area (Å²) in [6, 6.07) is 3.72. The number of hydrogen-bond donors (Lipinski definition) is 2. The molecule has 2 amide bonds. The van der Waals surface area contributed by atoms with Gasteiger partial charge < -0.3 is 15.3 Å². The van der Waals surface area contributed by atoms with Crippen molar-refractivity contribution in [1.82, 2.24) is 4.90 Å². The van der Waals surface area contributed by atoms with Gasteiger partial charge >= 0.3 is 12.0 Å². The first kappa shape index (κ1) is 14.0. The highest BCUT2D eigenvalue weighted by atomic mass is 19.1. The van der Waals surface area contributed by atoms with Crippen molar-refractivity contribution in [1.29, 1.82) is 0 Å².